The first-order chi connectivity index (χ1) is 11.8. The maximum atomic E-state index is 12.1. The molecule has 1 heterocycles. The minimum Gasteiger partial charge on any atom is -0.462 e. The molecule has 0 spiro atoms. The Labute approximate surface area is 147 Å². The summed E-state index contributed by atoms with van der Waals surface area (Å²) in [5, 5.41) is 3.07. The molecule has 0 radical (unpaired) electrons. The van der Waals surface area contributed by atoms with E-state index in [2.05, 4.69) is 26.1 Å². The van der Waals surface area contributed by atoms with Crippen LogP contribution >= 0.6 is 0 Å². The Bertz CT molecular complexity index is 742. The van der Waals surface area contributed by atoms with Crippen molar-refractivity contribution in [2.24, 2.45) is 0 Å². The fraction of sp³-hybridized carbons (Fsp3) is 0.353. The minimum atomic E-state index is -0.411. The largest absolute Gasteiger partial charge is 0.462 e. The monoisotopic (exact) mass is 344 g/mol. The van der Waals surface area contributed by atoms with Crippen LogP contribution < -0.4 is 21.9 Å². The molecule has 0 aliphatic carbocycles. The summed E-state index contributed by atoms with van der Waals surface area (Å²) in [6, 6.07) is 7.01. The second-order valence-electron chi connectivity index (χ2n) is 6.38. The maximum absolute atomic E-state index is 12.1. The van der Waals surface area contributed by atoms with Crippen LogP contribution in [0.25, 0.3) is 0 Å². The van der Waals surface area contributed by atoms with Gasteiger partial charge in [0.1, 0.15) is 12.0 Å². The number of esters is 1. The number of nitrogens with zero attached hydrogens (tertiary/aromatic N) is 2. The van der Waals surface area contributed by atoms with Crippen LogP contribution in [0.5, 0.6) is 0 Å². The average Bonchev–Trinajstić information content (AvgIpc) is 2.55. The number of rotatable bonds is 6. The quantitative estimate of drug-likeness (QED) is 0.467. The molecular weight excluding hydrogens is 320 g/mol. The van der Waals surface area contributed by atoms with Crippen molar-refractivity contribution >= 4 is 29.0 Å². The van der Waals surface area contributed by atoms with E-state index in [4.69, 9.17) is 10.5 Å². The standard InChI is InChI=1S/C17H24N6O2/c1-5-25-16(24)11-8-6-7-9-12(11)21-14-13(18)15(20-10-19-14)22-23-17(2,3)4/h6-10,23H,5,18H2,1-4H3,(H2,19,20,21,22). The summed E-state index contributed by atoms with van der Waals surface area (Å²) in [5.74, 6) is 0.428. The van der Waals surface area contributed by atoms with Crippen molar-refractivity contribution in [3.63, 3.8) is 0 Å². The van der Waals surface area contributed by atoms with E-state index >= 15 is 0 Å². The first-order valence-electron chi connectivity index (χ1n) is 7.98. The molecule has 0 unspecified atom stereocenters. The molecule has 5 N–H and O–H groups in total. The third-order valence-corrected chi connectivity index (χ3v) is 3.12. The normalized spacial score (nSPS) is 11.0. The lowest BCUT2D eigenvalue weighted by molar-refractivity contribution is 0.0527. The Kier molecular flexibility index (Phi) is 5.76. The van der Waals surface area contributed by atoms with Crippen LogP contribution in [0.1, 0.15) is 38.1 Å². The van der Waals surface area contributed by atoms with Gasteiger partial charge in [0.05, 0.1) is 17.9 Å². The van der Waals surface area contributed by atoms with Crippen LogP contribution in [0, 0.1) is 0 Å². The number of ether oxygens (including phenoxy) is 1. The van der Waals surface area contributed by atoms with E-state index in [1.165, 1.54) is 6.33 Å². The fourth-order valence-corrected chi connectivity index (χ4v) is 1.95. The van der Waals surface area contributed by atoms with Gasteiger partial charge in [0.2, 0.25) is 0 Å². The molecule has 0 saturated heterocycles. The molecule has 2 rings (SSSR count). The molecule has 1 aromatic heterocycles. The minimum absolute atomic E-state index is 0.165. The van der Waals surface area contributed by atoms with Crippen molar-refractivity contribution in [3.8, 4) is 0 Å². The van der Waals surface area contributed by atoms with Crippen LogP contribution in [0.4, 0.5) is 23.0 Å². The zero-order valence-electron chi connectivity index (χ0n) is 14.9. The molecule has 0 amide bonds. The molecular formula is C17H24N6O2. The molecule has 2 aromatic rings. The van der Waals surface area contributed by atoms with Crippen molar-refractivity contribution in [3.05, 3.63) is 36.2 Å². The number of anilines is 4. The van der Waals surface area contributed by atoms with Crippen molar-refractivity contribution in [2.45, 2.75) is 33.2 Å². The molecule has 0 aliphatic heterocycles. The van der Waals surface area contributed by atoms with Gasteiger partial charge in [0.15, 0.2) is 11.6 Å². The summed E-state index contributed by atoms with van der Waals surface area (Å²) >= 11 is 0. The number of nitrogens with one attached hydrogen (secondary N) is 3. The number of hydrazine groups is 1. The van der Waals surface area contributed by atoms with Gasteiger partial charge < -0.3 is 21.2 Å². The van der Waals surface area contributed by atoms with E-state index in [9.17, 15) is 4.79 Å². The summed E-state index contributed by atoms with van der Waals surface area (Å²) in [7, 11) is 0. The first-order valence-corrected chi connectivity index (χ1v) is 7.98. The molecule has 0 aliphatic rings. The van der Waals surface area contributed by atoms with Crippen molar-refractivity contribution < 1.29 is 9.53 Å². The fourth-order valence-electron chi connectivity index (χ4n) is 1.95. The SMILES string of the molecule is CCOC(=O)c1ccccc1Nc1ncnc(NNC(C)(C)C)c1N. The lowest BCUT2D eigenvalue weighted by atomic mass is 10.1. The van der Waals surface area contributed by atoms with Gasteiger partial charge in [-0.1, -0.05) is 12.1 Å². The average molecular weight is 344 g/mol. The Hall–Kier alpha value is -2.87. The Morgan fingerprint density at radius 3 is 2.56 bits per heavy atom. The van der Waals surface area contributed by atoms with E-state index in [0.29, 0.717) is 35.2 Å². The third-order valence-electron chi connectivity index (χ3n) is 3.12. The molecule has 8 heteroatoms. The van der Waals surface area contributed by atoms with Crippen LogP contribution in [-0.4, -0.2) is 28.1 Å². The summed E-state index contributed by atoms with van der Waals surface area (Å²) < 4.78 is 5.07. The first kappa shape index (κ1) is 18.5. The number of carbonyl (C=O) groups excluding carboxylic acids is 1. The third kappa shape index (κ3) is 5.05. The van der Waals surface area contributed by atoms with E-state index in [1.54, 1.807) is 25.1 Å². The second-order valence-corrected chi connectivity index (χ2v) is 6.38. The zero-order chi connectivity index (χ0) is 18.4. The van der Waals surface area contributed by atoms with Gasteiger partial charge in [-0.2, -0.15) is 0 Å². The number of benzene rings is 1. The van der Waals surface area contributed by atoms with Crippen LogP contribution in [0.2, 0.25) is 0 Å². The molecule has 25 heavy (non-hydrogen) atoms. The number of hydrogen-bond donors (Lipinski definition) is 4. The highest BCUT2D eigenvalue weighted by molar-refractivity contribution is 5.97. The number of nitrogen functional groups attached to an aromatic ring is 1. The summed E-state index contributed by atoms with van der Waals surface area (Å²) in [6.07, 6.45) is 1.39. The van der Waals surface area contributed by atoms with E-state index in [1.807, 2.05) is 26.8 Å². The van der Waals surface area contributed by atoms with Gasteiger partial charge in [0, 0.05) is 5.54 Å². The highest BCUT2D eigenvalue weighted by Crippen LogP contribution is 2.27. The van der Waals surface area contributed by atoms with Gasteiger partial charge in [-0.15, -0.1) is 0 Å². The van der Waals surface area contributed by atoms with E-state index < -0.39 is 5.97 Å². The predicted molar refractivity (Wildman–Crippen MR) is 98.6 cm³/mol. The van der Waals surface area contributed by atoms with Gasteiger partial charge >= 0.3 is 5.97 Å². The van der Waals surface area contributed by atoms with Crippen LogP contribution in [-0.2, 0) is 4.74 Å². The van der Waals surface area contributed by atoms with E-state index in [-0.39, 0.29) is 5.54 Å². The number of carbonyl (C=O) groups is 1. The topological polar surface area (TPSA) is 114 Å². The summed E-state index contributed by atoms with van der Waals surface area (Å²) in [4.78, 5) is 20.4. The van der Waals surface area contributed by atoms with Gasteiger partial charge in [0.25, 0.3) is 0 Å². The number of nitrogens with two attached hydrogens (primary N) is 1. The van der Waals surface area contributed by atoms with Gasteiger partial charge in [-0.05, 0) is 39.8 Å². The zero-order valence-corrected chi connectivity index (χ0v) is 14.9. The number of hydrogen-bond acceptors (Lipinski definition) is 8. The van der Waals surface area contributed by atoms with Gasteiger partial charge in [-0.25, -0.2) is 20.2 Å². The molecule has 0 saturated carbocycles. The number of para-hydroxylation sites is 1. The Morgan fingerprint density at radius 1 is 1.20 bits per heavy atom. The molecule has 1 aromatic carbocycles. The van der Waals surface area contributed by atoms with Crippen molar-refractivity contribution in [1.29, 1.82) is 0 Å². The summed E-state index contributed by atoms with van der Waals surface area (Å²) in [5.41, 5.74) is 13.3. The second kappa shape index (κ2) is 7.80. The lowest BCUT2D eigenvalue weighted by Crippen LogP contribution is -2.40. The van der Waals surface area contributed by atoms with Crippen LogP contribution in [0.3, 0.4) is 0 Å². The molecule has 0 bridgehead atoms. The van der Waals surface area contributed by atoms with Crippen LogP contribution in [0.15, 0.2) is 30.6 Å². The highest BCUT2D eigenvalue weighted by Gasteiger charge is 2.16. The summed E-state index contributed by atoms with van der Waals surface area (Å²) in [6.45, 7) is 8.08. The molecule has 134 valence electrons. The highest BCUT2D eigenvalue weighted by atomic mass is 16.5. The molecule has 0 fully saturated rings. The maximum Gasteiger partial charge on any atom is 0.340 e. The lowest BCUT2D eigenvalue weighted by Gasteiger charge is -2.22. The smallest absolute Gasteiger partial charge is 0.340 e. The van der Waals surface area contributed by atoms with Crippen molar-refractivity contribution in [2.75, 3.05) is 23.1 Å². The van der Waals surface area contributed by atoms with Crippen molar-refractivity contribution in [1.82, 2.24) is 15.4 Å². The van der Waals surface area contributed by atoms with E-state index in [0.717, 1.165) is 0 Å². The molecule has 8 nitrogen and oxygen atoms in total. The molecule has 0 atom stereocenters. The Balaban J connectivity index is 2.25. The predicted octanol–water partition coefficient (Wildman–Crippen LogP) is 2.69. The number of aromatic nitrogens is 2. The van der Waals surface area contributed by atoms with Gasteiger partial charge in [-0.3, -0.25) is 0 Å². The Morgan fingerprint density at radius 2 is 1.88 bits per heavy atom.